The van der Waals surface area contributed by atoms with Crippen molar-refractivity contribution in [1.82, 2.24) is 5.32 Å². The van der Waals surface area contributed by atoms with Gasteiger partial charge in [-0.1, -0.05) is 23.2 Å². The van der Waals surface area contributed by atoms with Crippen molar-refractivity contribution in [3.63, 3.8) is 0 Å². The van der Waals surface area contributed by atoms with Crippen molar-refractivity contribution in [2.45, 2.75) is 12.5 Å². The van der Waals surface area contributed by atoms with Gasteiger partial charge in [0.15, 0.2) is 0 Å². The summed E-state index contributed by atoms with van der Waals surface area (Å²) in [6.45, 7) is 2.26. The van der Waals surface area contributed by atoms with Crippen molar-refractivity contribution in [3.05, 3.63) is 33.6 Å². The third kappa shape index (κ3) is 3.57. The first-order chi connectivity index (χ1) is 8.82. The van der Waals surface area contributed by atoms with Gasteiger partial charge in [-0.15, -0.1) is 0 Å². The van der Waals surface area contributed by atoms with Crippen LogP contribution in [0.5, 0.6) is 0 Å². The molecule has 0 aliphatic rings. The number of carbonyl (C=O) groups excluding carboxylic acids is 1. The minimum absolute atomic E-state index is 0.113. The second kappa shape index (κ2) is 6.52. The number of hydrogen-bond donors (Lipinski definition) is 2. The van der Waals surface area contributed by atoms with Crippen LogP contribution in [0.1, 0.15) is 12.5 Å². The van der Waals surface area contributed by atoms with E-state index in [2.05, 4.69) is 5.32 Å². The van der Waals surface area contributed by atoms with E-state index in [9.17, 15) is 9.18 Å². The molecule has 0 spiro atoms. The van der Waals surface area contributed by atoms with Gasteiger partial charge in [0.05, 0.1) is 11.6 Å². The molecule has 0 aliphatic carbocycles. The third-order valence-corrected chi connectivity index (χ3v) is 3.43. The Hall–Kier alpha value is -0.880. The summed E-state index contributed by atoms with van der Waals surface area (Å²) in [5.74, 6) is -1.34. The molecule has 1 atom stereocenters. The summed E-state index contributed by atoms with van der Waals surface area (Å²) >= 11 is 11.6. The first kappa shape index (κ1) is 16.2. The molecule has 7 heteroatoms. The quantitative estimate of drug-likeness (QED) is 0.624. The Morgan fingerprint density at radius 2 is 2.11 bits per heavy atom. The largest absolute Gasteiger partial charge is 0.383 e. The first-order valence-corrected chi connectivity index (χ1v) is 6.27. The van der Waals surface area contributed by atoms with Crippen molar-refractivity contribution in [2.24, 2.45) is 5.73 Å². The third-order valence-electron chi connectivity index (χ3n) is 2.83. The van der Waals surface area contributed by atoms with Gasteiger partial charge in [-0.3, -0.25) is 10.1 Å². The van der Waals surface area contributed by atoms with E-state index in [1.54, 1.807) is 0 Å². The number of ether oxygens (including phenoxy) is 1. The van der Waals surface area contributed by atoms with Crippen LogP contribution in [0.25, 0.3) is 0 Å². The highest BCUT2D eigenvalue weighted by molar-refractivity contribution is 6.35. The van der Waals surface area contributed by atoms with Gasteiger partial charge in [0.2, 0.25) is 5.91 Å². The van der Waals surface area contributed by atoms with Gasteiger partial charge in [-0.05, 0) is 19.1 Å². The lowest BCUT2D eigenvalue weighted by molar-refractivity contribution is -0.124. The number of nitrogens with one attached hydrogen (secondary N) is 1. The predicted molar refractivity (Wildman–Crippen MR) is 72.8 cm³/mol. The van der Waals surface area contributed by atoms with Crippen LogP contribution in [0, 0.1) is 5.82 Å². The number of carbonyl (C=O) groups is 1. The van der Waals surface area contributed by atoms with Crippen molar-refractivity contribution in [3.8, 4) is 0 Å². The monoisotopic (exact) mass is 308 g/mol. The summed E-state index contributed by atoms with van der Waals surface area (Å²) in [6.07, 6.45) is 0. The maximum absolute atomic E-state index is 13.5. The van der Waals surface area contributed by atoms with Gasteiger partial charge in [-0.2, -0.15) is 0 Å². The number of nitrogens with two attached hydrogens (primary N) is 1. The molecule has 0 saturated heterocycles. The Bertz CT molecular complexity index is 485. The molecule has 0 fully saturated rings. The Balaban J connectivity index is 3.18. The molecule has 0 bridgehead atoms. The number of halogens is 3. The molecule has 1 unspecified atom stereocenters. The SMILES string of the molecule is COCCNC(C)(C(N)=O)c1cc(F)c(Cl)cc1Cl. The predicted octanol–water partition coefficient (Wildman–Crippen LogP) is 2.07. The highest BCUT2D eigenvalue weighted by Crippen LogP contribution is 2.32. The maximum atomic E-state index is 13.5. The summed E-state index contributed by atoms with van der Waals surface area (Å²) in [7, 11) is 1.53. The number of primary amides is 1. The molecule has 1 aromatic carbocycles. The molecule has 0 saturated carbocycles. The molecule has 3 N–H and O–H groups in total. The lowest BCUT2D eigenvalue weighted by Crippen LogP contribution is -2.51. The molecule has 0 aromatic heterocycles. The molecule has 1 amide bonds. The summed E-state index contributed by atoms with van der Waals surface area (Å²) in [5.41, 5.74) is 4.32. The van der Waals surface area contributed by atoms with Crippen LogP contribution in [-0.4, -0.2) is 26.2 Å². The van der Waals surface area contributed by atoms with E-state index in [-0.39, 0.29) is 15.6 Å². The van der Waals surface area contributed by atoms with Crippen LogP contribution in [-0.2, 0) is 15.1 Å². The molecule has 1 rings (SSSR count). The number of hydrogen-bond acceptors (Lipinski definition) is 3. The highest BCUT2D eigenvalue weighted by Gasteiger charge is 2.35. The molecule has 4 nitrogen and oxygen atoms in total. The second-order valence-electron chi connectivity index (χ2n) is 4.15. The van der Waals surface area contributed by atoms with E-state index in [4.69, 9.17) is 33.7 Å². The van der Waals surface area contributed by atoms with E-state index in [0.29, 0.717) is 13.2 Å². The van der Waals surface area contributed by atoms with Crippen LogP contribution in [0.15, 0.2) is 12.1 Å². The van der Waals surface area contributed by atoms with Gasteiger partial charge >= 0.3 is 0 Å². The van der Waals surface area contributed by atoms with E-state index in [1.807, 2.05) is 0 Å². The molecule has 106 valence electrons. The van der Waals surface area contributed by atoms with Crippen molar-refractivity contribution in [2.75, 3.05) is 20.3 Å². The average Bonchev–Trinajstić information content (AvgIpc) is 2.33. The number of benzene rings is 1. The Labute approximate surface area is 121 Å². The van der Waals surface area contributed by atoms with Gasteiger partial charge in [0.1, 0.15) is 11.4 Å². The van der Waals surface area contributed by atoms with Gasteiger partial charge in [-0.25, -0.2) is 4.39 Å². The minimum Gasteiger partial charge on any atom is -0.383 e. The van der Waals surface area contributed by atoms with Gasteiger partial charge in [0, 0.05) is 24.2 Å². The van der Waals surface area contributed by atoms with Crippen molar-refractivity contribution < 1.29 is 13.9 Å². The Morgan fingerprint density at radius 3 is 2.63 bits per heavy atom. The van der Waals surface area contributed by atoms with Crippen molar-refractivity contribution >= 4 is 29.1 Å². The van der Waals surface area contributed by atoms with Crippen molar-refractivity contribution in [1.29, 1.82) is 0 Å². The molecular weight excluding hydrogens is 294 g/mol. The van der Waals surface area contributed by atoms with E-state index in [1.165, 1.54) is 20.1 Å². The average molecular weight is 309 g/mol. The van der Waals surface area contributed by atoms with Crippen LogP contribution in [0.3, 0.4) is 0 Å². The summed E-state index contributed by atoms with van der Waals surface area (Å²) in [6, 6.07) is 2.35. The Morgan fingerprint density at radius 1 is 1.47 bits per heavy atom. The van der Waals surface area contributed by atoms with Crippen LogP contribution in [0.2, 0.25) is 10.0 Å². The zero-order chi connectivity index (χ0) is 14.6. The lowest BCUT2D eigenvalue weighted by Gasteiger charge is -2.29. The zero-order valence-corrected chi connectivity index (χ0v) is 12.1. The fourth-order valence-corrected chi connectivity index (χ4v) is 2.20. The van der Waals surface area contributed by atoms with Crippen LogP contribution in [0.4, 0.5) is 4.39 Å². The maximum Gasteiger partial charge on any atom is 0.242 e. The standard InChI is InChI=1S/C12H15Cl2FN2O2/c1-12(11(16)18,17-3-4-19-2)7-5-10(15)9(14)6-8(7)13/h5-6,17H,3-4H2,1-2H3,(H2,16,18). The zero-order valence-electron chi connectivity index (χ0n) is 10.6. The summed E-state index contributed by atoms with van der Waals surface area (Å²) in [4.78, 5) is 11.7. The van der Waals surface area contributed by atoms with E-state index in [0.717, 1.165) is 6.07 Å². The van der Waals surface area contributed by atoms with Crippen LogP contribution >= 0.6 is 23.2 Å². The number of rotatable bonds is 6. The topological polar surface area (TPSA) is 64.3 Å². The molecule has 19 heavy (non-hydrogen) atoms. The number of amides is 1. The highest BCUT2D eigenvalue weighted by atomic mass is 35.5. The van der Waals surface area contributed by atoms with Crippen LogP contribution < -0.4 is 11.1 Å². The van der Waals surface area contributed by atoms with E-state index >= 15 is 0 Å². The fraction of sp³-hybridized carbons (Fsp3) is 0.417. The van der Waals surface area contributed by atoms with Gasteiger partial charge < -0.3 is 10.5 Å². The number of methoxy groups -OCH3 is 1. The van der Waals surface area contributed by atoms with E-state index < -0.39 is 17.3 Å². The Kier molecular flexibility index (Phi) is 5.55. The summed E-state index contributed by atoms with van der Waals surface area (Å²) in [5, 5.41) is 2.96. The smallest absolute Gasteiger partial charge is 0.242 e. The fourth-order valence-electron chi connectivity index (χ4n) is 1.62. The molecular formula is C12H15Cl2FN2O2. The first-order valence-electron chi connectivity index (χ1n) is 5.51. The lowest BCUT2D eigenvalue weighted by atomic mass is 9.91. The van der Waals surface area contributed by atoms with Gasteiger partial charge in [0.25, 0.3) is 0 Å². The molecule has 1 aromatic rings. The molecule has 0 radical (unpaired) electrons. The summed E-state index contributed by atoms with van der Waals surface area (Å²) < 4.78 is 18.4. The second-order valence-corrected chi connectivity index (χ2v) is 4.97. The molecule has 0 aliphatic heterocycles. The minimum atomic E-state index is -1.30. The normalized spacial score (nSPS) is 14.2. The molecule has 0 heterocycles.